The Hall–Kier alpha value is -3.06. The highest BCUT2D eigenvalue weighted by molar-refractivity contribution is 5.70. The molecule has 0 aliphatic carbocycles. The van der Waals surface area contributed by atoms with E-state index in [4.69, 9.17) is 28.4 Å². The van der Waals surface area contributed by atoms with Gasteiger partial charge in [0.2, 0.25) is 0 Å². The Morgan fingerprint density at radius 2 is 0.900 bits per heavy atom. The van der Waals surface area contributed by atoms with Crippen LogP contribution in [-0.2, 0) is 38.0 Å². The fourth-order valence-corrected chi connectivity index (χ4v) is 7.89. The fourth-order valence-electron chi connectivity index (χ4n) is 7.89. The van der Waals surface area contributed by atoms with Crippen molar-refractivity contribution in [2.75, 3.05) is 26.4 Å². The van der Waals surface area contributed by atoms with Gasteiger partial charge in [0.15, 0.2) is 18.7 Å². The van der Waals surface area contributed by atoms with Crippen LogP contribution >= 0.6 is 0 Å². The minimum atomic E-state index is -1.78. The summed E-state index contributed by atoms with van der Waals surface area (Å²) in [6.07, 6.45) is 32.3. The third-order valence-corrected chi connectivity index (χ3v) is 12.2. The van der Waals surface area contributed by atoms with E-state index in [2.05, 4.69) is 74.6 Å². The van der Waals surface area contributed by atoms with E-state index in [-0.39, 0.29) is 19.4 Å². The first-order valence-electron chi connectivity index (χ1n) is 26.5. The third-order valence-electron chi connectivity index (χ3n) is 12.2. The molecule has 15 nitrogen and oxygen atoms in total. The highest BCUT2D eigenvalue weighted by Gasteiger charge is 2.47. The zero-order valence-electron chi connectivity index (χ0n) is 42.5. The number of carbonyl (C=O) groups is 2. The number of ether oxygens (including phenoxy) is 6. The maximum atomic E-state index is 13.0. The van der Waals surface area contributed by atoms with E-state index in [1.807, 2.05) is 12.2 Å². The molecule has 0 aromatic heterocycles. The molecule has 11 unspecified atom stereocenters. The second-order valence-electron chi connectivity index (χ2n) is 18.3. The number of allylic oxidation sites excluding steroid dienone is 12. The van der Waals surface area contributed by atoms with Crippen LogP contribution in [0, 0.1) is 0 Å². The van der Waals surface area contributed by atoms with Crippen molar-refractivity contribution in [3.05, 3.63) is 72.9 Å². The molecule has 2 fully saturated rings. The molecule has 2 aliphatic heterocycles. The standard InChI is InChI=1S/C55H92O15/c1-3-5-7-9-11-13-15-17-19-20-21-22-24-26-28-30-32-34-36-38-47(58)68-43(40-65-46(57)37-35-33-31-29-27-25-23-18-16-14-12-10-8-6-4-2)41-66-54-53(64)51(62)49(60)45(70-54)42-67-55-52(63)50(61)48(59)44(39-56)69-55/h5,7,11,13,17,19,21-22,26,28,32,34,43-45,48-56,59-64H,3-4,6,8-10,12,14-16,18,20,23-25,27,29-31,33,35-42H2,1-2H3/b7-5-,13-11-,19-17-,22-21-,28-26-,34-32-. The molecule has 2 aliphatic rings. The number of esters is 2. The molecule has 0 aromatic carbocycles. The Bertz CT molecular complexity index is 1490. The molecule has 0 spiro atoms. The molecular weight excluding hydrogens is 901 g/mol. The summed E-state index contributed by atoms with van der Waals surface area (Å²) >= 11 is 0. The molecule has 0 aromatic rings. The van der Waals surface area contributed by atoms with Gasteiger partial charge in [-0.15, -0.1) is 0 Å². The van der Waals surface area contributed by atoms with Gasteiger partial charge in [-0.3, -0.25) is 9.59 Å². The van der Waals surface area contributed by atoms with Crippen LogP contribution in [-0.4, -0.2) is 142 Å². The minimum Gasteiger partial charge on any atom is -0.462 e. The molecule has 11 atom stereocenters. The van der Waals surface area contributed by atoms with E-state index < -0.39 is 99.3 Å². The Morgan fingerprint density at radius 3 is 1.39 bits per heavy atom. The predicted octanol–water partition coefficient (Wildman–Crippen LogP) is 7.82. The van der Waals surface area contributed by atoms with Crippen LogP contribution in [0.2, 0.25) is 0 Å². The maximum absolute atomic E-state index is 13.0. The molecular formula is C55H92O15. The zero-order chi connectivity index (χ0) is 51.0. The summed E-state index contributed by atoms with van der Waals surface area (Å²) in [5, 5.41) is 72.1. The van der Waals surface area contributed by atoms with E-state index in [0.29, 0.717) is 19.3 Å². The monoisotopic (exact) mass is 993 g/mol. The number of hydrogen-bond donors (Lipinski definition) is 7. The first-order valence-corrected chi connectivity index (χ1v) is 26.5. The molecule has 402 valence electrons. The van der Waals surface area contributed by atoms with E-state index in [1.165, 1.54) is 70.6 Å². The zero-order valence-corrected chi connectivity index (χ0v) is 42.5. The van der Waals surface area contributed by atoms with E-state index in [9.17, 15) is 45.3 Å². The molecule has 7 N–H and O–H groups in total. The summed E-state index contributed by atoms with van der Waals surface area (Å²) in [4.78, 5) is 25.8. The molecule has 70 heavy (non-hydrogen) atoms. The van der Waals surface area contributed by atoms with Crippen LogP contribution in [0.4, 0.5) is 0 Å². The Kier molecular flexibility index (Phi) is 37.3. The second kappa shape index (κ2) is 41.4. The Balaban J connectivity index is 1.84. The van der Waals surface area contributed by atoms with Gasteiger partial charge in [0.25, 0.3) is 0 Å². The molecule has 15 heteroatoms. The lowest BCUT2D eigenvalue weighted by atomic mass is 9.98. The molecule has 0 saturated carbocycles. The highest BCUT2D eigenvalue weighted by atomic mass is 16.7. The van der Waals surface area contributed by atoms with Crippen molar-refractivity contribution in [2.45, 2.75) is 235 Å². The topological polar surface area (TPSA) is 231 Å². The Morgan fingerprint density at radius 1 is 0.471 bits per heavy atom. The molecule has 2 rings (SSSR count). The third kappa shape index (κ3) is 28.8. The van der Waals surface area contributed by atoms with Gasteiger partial charge in [0, 0.05) is 12.8 Å². The van der Waals surface area contributed by atoms with Gasteiger partial charge in [-0.2, -0.15) is 0 Å². The summed E-state index contributed by atoms with van der Waals surface area (Å²) < 4.78 is 33.5. The molecule has 0 bridgehead atoms. The van der Waals surface area contributed by atoms with Crippen molar-refractivity contribution >= 4 is 11.9 Å². The van der Waals surface area contributed by atoms with Crippen molar-refractivity contribution in [1.29, 1.82) is 0 Å². The number of aliphatic hydroxyl groups is 7. The molecule has 2 saturated heterocycles. The van der Waals surface area contributed by atoms with Gasteiger partial charge in [-0.1, -0.05) is 177 Å². The van der Waals surface area contributed by atoms with Crippen LogP contribution < -0.4 is 0 Å². The number of hydrogen-bond acceptors (Lipinski definition) is 15. The van der Waals surface area contributed by atoms with Gasteiger partial charge in [-0.05, 0) is 51.4 Å². The Labute approximate surface area is 419 Å². The molecule has 2 heterocycles. The summed E-state index contributed by atoms with van der Waals surface area (Å²) in [5.41, 5.74) is 0. The first kappa shape index (κ1) is 63.1. The summed E-state index contributed by atoms with van der Waals surface area (Å²) in [6.45, 7) is 2.40. The van der Waals surface area contributed by atoms with Crippen LogP contribution in [0.25, 0.3) is 0 Å². The van der Waals surface area contributed by atoms with Gasteiger partial charge in [-0.25, -0.2) is 0 Å². The largest absolute Gasteiger partial charge is 0.462 e. The van der Waals surface area contributed by atoms with Crippen molar-refractivity contribution in [1.82, 2.24) is 0 Å². The lowest BCUT2D eigenvalue weighted by molar-refractivity contribution is -0.332. The minimum absolute atomic E-state index is 0.0383. The quantitative estimate of drug-likeness (QED) is 0.0176. The number of rotatable bonds is 40. The van der Waals surface area contributed by atoms with Crippen molar-refractivity contribution in [2.24, 2.45) is 0 Å². The smallest absolute Gasteiger partial charge is 0.306 e. The highest BCUT2D eigenvalue weighted by Crippen LogP contribution is 2.26. The van der Waals surface area contributed by atoms with E-state index in [1.54, 1.807) is 0 Å². The van der Waals surface area contributed by atoms with Gasteiger partial charge >= 0.3 is 11.9 Å². The lowest BCUT2D eigenvalue weighted by Gasteiger charge is -2.42. The average molecular weight is 993 g/mol. The van der Waals surface area contributed by atoms with Crippen molar-refractivity contribution in [3.63, 3.8) is 0 Å². The lowest BCUT2D eigenvalue weighted by Crippen LogP contribution is -2.61. The van der Waals surface area contributed by atoms with Crippen molar-refractivity contribution < 1.29 is 73.8 Å². The van der Waals surface area contributed by atoms with Crippen LogP contribution in [0.15, 0.2) is 72.9 Å². The van der Waals surface area contributed by atoms with Crippen LogP contribution in [0.5, 0.6) is 0 Å². The fraction of sp³-hybridized carbons (Fsp3) is 0.745. The first-order chi connectivity index (χ1) is 34.0. The van der Waals surface area contributed by atoms with Gasteiger partial charge in [0.1, 0.15) is 55.4 Å². The number of aliphatic hydroxyl groups excluding tert-OH is 7. The summed E-state index contributed by atoms with van der Waals surface area (Å²) in [6, 6.07) is 0. The van der Waals surface area contributed by atoms with Gasteiger partial charge in [0.05, 0.1) is 19.8 Å². The number of carbonyl (C=O) groups excluding carboxylic acids is 2. The average Bonchev–Trinajstić information content (AvgIpc) is 3.35. The van der Waals surface area contributed by atoms with E-state index >= 15 is 0 Å². The molecule has 0 radical (unpaired) electrons. The maximum Gasteiger partial charge on any atom is 0.306 e. The van der Waals surface area contributed by atoms with E-state index in [0.717, 1.165) is 51.4 Å². The van der Waals surface area contributed by atoms with Crippen LogP contribution in [0.1, 0.15) is 168 Å². The predicted molar refractivity (Wildman–Crippen MR) is 270 cm³/mol. The number of unbranched alkanes of at least 4 members (excludes halogenated alkanes) is 14. The summed E-state index contributed by atoms with van der Waals surface area (Å²) in [7, 11) is 0. The van der Waals surface area contributed by atoms with Gasteiger partial charge < -0.3 is 64.2 Å². The second-order valence-corrected chi connectivity index (χ2v) is 18.3. The SMILES string of the molecule is CC/C=C\C/C=C\C/C=C\C/C=C\C/C=C\C/C=C\CCC(=O)OC(COC(=O)CCCCCCCCCCCCCCCCC)COC1OC(COC2OC(CO)C(O)C(O)C2O)C(O)C(O)C1O. The van der Waals surface area contributed by atoms with Crippen LogP contribution in [0.3, 0.4) is 0 Å². The van der Waals surface area contributed by atoms with Crippen molar-refractivity contribution in [3.8, 4) is 0 Å². The summed E-state index contributed by atoms with van der Waals surface area (Å²) in [5.74, 6) is -1.02. The normalized spacial score (nSPS) is 26.0. The molecule has 0 amide bonds.